The lowest BCUT2D eigenvalue weighted by Gasteiger charge is -2.27. The maximum Gasteiger partial charge on any atom is 0.146 e. The number of benzene rings is 1. The molecule has 14 heavy (non-hydrogen) atoms. The Labute approximate surface area is 84.1 Å². The van der Waals surface area contributed by atoms with Crippen molar-refractivity contribution < 1.29 is 4.39 Å². The molecule has 78 valence electrons. The fraction of sp³-hybridized carbons (Fsp3) is 0.455. The number of hydrogen-bond acceptors (Lipinski definition) is 2. The standard InChI is InChI=1S/C11H17FN2/c1-11(2,3)10(14)7-4-5-9(13)8(12)6-7/h4-6,10H,13-14H2,1-3H3. The van der Waals surface area contributed by atoms with Crippen LogP contribution in [0, 0.1) is 11.2 Å². The highest BCUT2D eigenvalue weighted by molar-refractivity contribution is 5.42. The Morgan fingerprint density at radius 3 is 2.29 bits per heavy atom. The molecule has 0 aliphatic carbocycles. The molecule has 1 aromatic rings. The molecule has 0 saturated carbocycles. The van der Waals surface area contributed by atoms with E-state index in [1.165, 1.54) is 6.07 Å². The van der Waals surface area contributed by atoms with Gasteiger partial charge in [0.2, 0.25) is 0 Å². The average Bonchev–Trinajstić information content (AvgIpc) is 2.07. The summed E-state index contributed by atoms with van der Waals surface area (Å²) < 4.78 is 13.1. The van der Waals surface area contributed by atoms with Crippen LogP contribution in [0.2, 0.25) is 0 Å². The molecular formula is C11H17FN2. The molecule has 1 atom stereocenters. The van der Waals surface area contributed by atoms with Crippen molar-refractivity contribution in [1.82, 2.24) is 0 Å². The highest BCUT2D eigenvalue weighted by Crippen LogP contribution is 2.31. The molecule has 0 bridgehead atoms. The van der Waals surface area contributed by atoms with Crippen LogP contribution >= 0.6 is 0 Å². The van der Waals surface area contributed by atoms with Crippen LogP contribution in [0.3, 0.4) is 0 Å². The first-order valence-corrected chi connectivity index (χ1v) is 4.63. The van der Waals surface area contributed by atoms with Gasteiger partial charge in [-0.05, 0) is 23.1 Å². The molecule has 0 aliphatic rings. The molecule has 0 aromatic heterocycles. The fourth-order valence-corrected chi connectivity index (χ4v) is 1.24. The Hall–Kier alpha value is -1.09. The predicted molar refractivity (Wildman–Crippen MR) is 57.2 cm³/mol. The van der Waals surface area contributed by atoms with Crippen LogP contribution in [-0.4, -0.2) is 0 Å². The van der Waals surface area contributed by atoms with Gasteiger partial charge in [0.1, 0.15) is 5.82 Å². The highest BCUT2D eigenvalue weighted by atomic mass is 19.1. The van der Waals surface area contributed by atoms with Crippen LogP contribution in [-0.2, 0) is 0 Å². The molecule has 0 radical (unpaired) electrons. The summed E-state index contributed by atoms with van der Waals surface area (Å²) in [6.07, 6.45) is 0. The number of anilines is 1. The van der Waals surface area contributed by atoms with Crippen molar-refractivity contribution >= 4 is 5.69 Å². The van der Waals surface area contributed by atoms with E-state index in [1.807, 2.05) is 20.8 Å². The minimum atomic E-state index is -0.401. The van der Waals surface area contributed by atoms with E-state index < -0.39 is 5.82 Å². The number of rotatable bonds is 1. The van der Waals surface area contributed by atoms with Crippen molar-refractivity contribution in [3.8, 4) is 0 Å². The summed E-state index contributed by atoms with van der Waals surface area (Å²) in [6.45, 7) is 6.06. The maximum atomic E-state index is 13.1. The van der Waals surface area contributed by atoms with E-state index in [2.05, 4.69) is 0 Å². The number of nitrogens with two attached hydrogens (primary N) is 2. The lowest BCUT2D eigenvalue weighted by Crippen LogP contribution is -2.26. The molecule has 0 fully saturated rings. The van der Waals surface area contributed by atoms with Crippen LogP contribution in [0.4, 0.5) is 10.1 Å². The van der Waals surface area contributed by atoms with Crippen LogP contribution in [0.25, 0.3) is 0 Å². The van der Waals surface area contributed by atoms with Crippen LogP contribution in [0.1, 0.15) is 32.4 Å². The summed E-state index contributed by atoms with van der Waals surface area (Å²) in [6, 6.07) is 4.55. The van der Waals surface area contributed by atoms with Gasteiger partial charge in [-0.15, -0.1) is 0 Å². The van der Waals surface area contributed by atoms with E-state index in [1.54, 1.807) is 12.1 Å². The second-order valence-electron chi connectivity index (χ2n) is 4.62. The van der Waals surface area contributed by atoms with E-state index in [0.717, 1.165) is 5.56 Å². The van der Waals surface area contributed by atoms with E-state index in [-0.39, 0.29) is 17.1 Å². The third kappa shape index (κ3) is 2.23. The Balaban J connectivity index is 3.03. The first-order chi connectivity index (χ1) is 6.32. The van der Waals surface area contributed by atoms with E-state index in [0.29, 0.717) is 0 Å². The van der Waals surface area contributed by atoms with Gasteiger partial charge in [-0.1, -0.05) is 26.8 Å². The number of nitrogen functional groups attached to an aromatic ring is 1. The van der Waals surface area contributed by atoms with Gasteiger partial charge in [-0.2, -0.15) is 0 Å². The lowest BCUT2D eigenvalue weighted by molar-refractivity contribution is 0.326. The Morgan fingerprint density at radius 1 is 1.29 bits per heavy atom. The zero-order chi connectivity index (χ0) is 10.9. The normalized spacial score (nSPS) is 14.1. The molecule has 0 spiro atoms. The Morgan fingerprint density at radius 2 is 1.86 bits per heavy atom. The molecule has 3 heteroatoms. The summed E-state index contributed by atoms with van der Waals surface area (Å²) in [7, 11) is 0. The first-order valence-electron chi connectivity index (χ1n) is 4.63. The largest absolute Gasteiger partial charge is 0.396 e. The predicted octanol–water partition coefficient (Wildman–Crippen LogP) is 2.45. The maximum absolute atomic E-state index is 13.1. The van der Waals surface area contributed by atoms with E-state index in [4.69, 9.17) is 11.5 Å². The Bertz CT molecular complexity index is 329. The van der Waals surface area contributed by atoms with Crippen molar-refractivity contribution in [2.45, 2.75) is 26.8 Å². The van der Waals surface area contributed by atoms with Crippen LogP contribution < -0.4 is 11.5 Å². The summed E-state index contributed by atoms with van der Waals surface area (Å²) in [5, 5.41) is 0. The van der Waals surface area contributed by atoms with Crippen molar-refractivity contribution in [2.24, 2.45) is 11.1 Å². The average molecular weight is 196 g/mol. The van der Waals surface area contributed by atoms with Gasteiger partial charge in [0.05, 0.1) is 5.69 Å². The second kappa shape index (κ2) is 3.58. The summed E-state index contributed by atoms with van der Waals surface area (Å²) in [4.78, 5) is 0. The van der Waals surface area contributed by atoms with Gasteiger partial charge in [-0.3, -0.25) is 0 Å². The third-order valence-electron chi connectivity index (χ3n) is 2.32. The van der Waals surface area contributed by atoms with E-state index in [9.17, 15) is 4.39 Å². The highest BCUT2D eigenvalue weighted by Gasteiger charge is 2.22. The topological polar surface area (TPSA) is 52.0 Å². The van der Waals surface area contributed by atoms with Crippen LogP contribution in [0.15, 0.2) is 18.2 Å². The lowest BCUT2D eigenvalue weighted by atomic mass is 9.83. The van der Waals surface area contributed by atoms with Gasteiger partial charge in [0.25, 0.3) is 0 Å². The molecule has 0 heterocycles. The number of halogens is 1. The van der Waals surface area contributed by atoms with Crippen molar-refractivity contribution in [3.63, 3.8) is 0 Å². The second-order valence-corrected chi connectivity index (χ2v) is 4.62. The van der Waals surface area contributed by atoms with Crippen LogP contribution in [0.5, 0.6) is 0 Å². The van der Waals surface area contributed by atoms with E-state index >= 15 is 0 Å². The minimum Gasteiger partial charge on any atom is -0.396 e. The van der Waals surface area contributed by atoms with Gasteiger partial charge in [-0.25, -0.2) is 4.39 Å². The van der Waals surface area contributed by atoms with Gasteiger partial charge >= 0.3 is 0 Å². The molecule has 0 saturated heterocycles. The van der Waals surface area contributed by atoms with Gasteiger partial charge < -0.3 is 11.5 Å². The molecule has 0 aliphatic heterocycles. The Kier molecular flexibility index (Phi) is 2.81. The van der Waals surface area contributed by atoms with Crippen molar-refractivity contribution in [3.05, 3.63) is 29.6 Å². The zero-order valence-corrected chi connectivity index (χ0v) is 8.84. The monoisotopic (exact) mass is 196 g/mol. The van der Waals surface area contributed by atoms with Gasteiger partial charge in [0.15, 0.2) is 0 Å². The fourth-order valence-electron chi connectivity index (χ4n) is 1.24. The first kappa shape index (κ1) is 11.0. The van der Waals surface area contributed by atoms with Crippen molar-refractivity contribution in [1.29, 1.82) is 0 Å². The summed E-state index contributed by atoms with van der Waals surface area (Å²) >= 11 is 0. The molecule has 2 nitrogen and oxygen atoms in total. The van der Waals surface area contributed by atoms with Gasteiger partial charge in [0, 0.05) is 6.04 Å². The minimum absolute atomic E-state index is 0.0808. The molecule has 1 unspecified atom stereocenters. The number of hydrogen-bond donors (Lipinski definition) is 2. The zero-order valence-electron chi connectivity index (χ0n) is 8.84. The van der Waals surface area contributed by atoms with Crippen molar-refractivity contribution in [2.75, 3.05) is 5.73 Å². The quantitative estimate of drug-likeness (QED) is 0.678. The third-order valence-corrected chi connectivity index (χ3v) is 2.32. The summed E-state index contributed by atoms with van der Waals surface area (Å²) in [5.41, 5.74) is 12.2. The molecule has 1 rings (SSSR count). The SMILES string of the molecule is CC(C)(C)C(N)c1ccc(N)c(F)c1. The summed E-state index contributed by atoms with van der Waals surface area (Å²) in [5.74, 6) is -0.401. The molecule has 1 aromatic carbocycles. The molecular weight excluding hydrogens is 179 g/mol. The molecule has 4 N–H and O–H groups in total. The molecule has 0 amide bonds. The smallest absolute Gasteiger partial charge is 0.146 e.